The molecule has 1 aromatic carbocycles. The highest BCUT2D eigenvalue weighted by Crippen LogP contribution is 2.15. The van der Waals surface area contributed by atoms with Gasteiger partial charge in [-0.3, -0.25) is 0 Å². The quantitative estimate of drug-likeness (QED) is 0.704. The number of aryl methyl sites for hydroxylation is 1. The van der Waals surface area contributed by atoms with E-state index in [2.05, 4.69) is 10.6 Å². The number of benzene rings is 1. The van der Waals surface area contributed by atoms with Crippen molar-refractivity contribution in [3.05, 3.63) is 34.3 Å². The molecular weight excluding hydrogens is 240 g/mol. The van der Waals surface area contributed by atoms with Gasteiger partial charge in [-0.1, -0.05) is 23.7 Å². The van der Waals surface area contributed by atoms with Crippen LogP contribution >= 0.6 is 11.6 Å². The van der Waals surface area contributed by atoms with Gasteiger partial charge in [-0.15, -0.1) is 0 Å². The van der Waals surface area contributed by atoms with Crippen LogP contribution in [0.1, 0.15) is 17.5 Å². The highest BCUT2D eigenvalue weighted by Gasteiger charge is 2.01. The van der Waals surface area contributed by atoms with E-state index in [0.29, 0.717) is 19.5 Å². The van der Waals surface area contributed by atoms with E-state index >= 15 is 0 Å². The van der Waals surface area contributed by atoms with Crippen LogP contribution in [0.5, 0.6) is 0 Å². The largest absolute Gasteiger partial charge is 0.396 e. The molecule has 0 spiro atoms. The number of hydrogen-bond donors (Lipinski definition) is 3. The van der Waals surface area contributed by atoms with Crippen LogP contribution < -0.4 is 10.6 Å². The lowest BCUT2D eigenvalue weighted by Crippen LogP contribution is -2.35. The molecule has 4 nitrogen and oxygen atoms in total. The predicted molar refractivity (Wildman–Crippen MR) is 68.1 cm³/mol. The van der Waals surface area contributed by atoms with Crippen molar-refractivity contribution in [1.29, 1.82) is 0 Å². The molecule has 2 amide bonds. The maximum atomic E-state index is 11.3. The van der Waals surface area contributed by atoms with Crippen LogP contribution in [-0.4, -0.2) is 24.3 Å². The Kier molecular flexibility index (Phi) is 5.80. The Morgan fingerprint density at radius 3 is 2.82 bits per heavy atom. The van der Waals surface area contributed by atoms with Gasteiger partial charge in [0.05, 0.1) is 0 Å². The number of carbonyl (C=O) groups is 1. The number of rotatable bonds is 5. The summed E-state index contributed by atoms with van der Waals surface area (Å²) in [5, 5.41) is 14.7. The minimum atomic E-state index is -0.231. The van der Waals surface area contributed by atoms with Crippen molar-refractivity contribution in [1.82, 2.24) is 10.6 Å². The van der Waals surface area contributed by atoms with E-state index in [1.165, 1.54) is 0 Å². The smallest absolute Gasteiger partial charge is 0.315 e. The summed E-state index contributed by atoms with van der Waals surface area (Å²) in [4.78, 5) is 11.3. The molecule has 0 radical (unpaired) electrons. The molecule has 0 aromatic heterocycles. The first-order valence-corrected chi connectivity index (χ1v) is 5.89. The molecule has 94 valence electrons. The minimum absolute atomic E-state index is 0.0800. The van der Waals surface area contributed by atoms with Gasteiger partial charge in [0.1, 0.15) is 0 Å². The van der Waals surface area contributed by atoms with Gasteiger partial charge in [0.25, 0.3) is 0 Å². The average Bonchev–Trinajstić information content (AvgIpc) is 2.31. The SMILES string of the molecule is Cc1cc(CNC(=O)NCCCO)ccc1Cl. The van der Waals surface area contributed by atoms with Crippen molar-refractivity contribution < 1.29 is 9.90 Å². The molecule has 0 bridgehead atoms. The summed E-state index contributed by atoms with van der Waals surface area (Å²) in [5.41, 5.74) is 2.00. The van der Waals surface area contributed by atoms with Crippen LogP contribution in [-0.2, 0) is 6.54 Å². The third kappa shape index (κ3) is 5.06. The van der Waals surface area contributed by atoms with E-state index in [1.807, 2.05) is 25.1 Å². The Morgan fingerprint density at radius 1 is 1.41 bits per heavy atom. The number of carbonyl (C=O) groups excluding carboxylic acids is 1. The summed E-state index contributed by atoms with van der Waals surface area (Å²) in [7, 11) is 0. The van der Waals surface area contributed by atoms with Gasteiger partial charge >= 0.3 is 6.03 Å². The maximum absolute atomic E-state index is 11.3. The third-order valence-corrected chi connectivity index (χ3v) is 2.72. The lowest BCUT2D eigenvalue weighted by molar-refractivity contribution is 0.237. The number of urea groups is 1. The number of aliphatic hydroxyl groups excluding tert-OH is 1. The van der Waals surface area contributed by atoms with Crippen molar-refractivity contribution >= 4 is 17.6 Å². The lowest BCUT2D eigenvalue weighted by atomic mass is 10.1. The Balaban J connectivity index is 2.34. The molecule has 0 atom stereocenters. The van der Waals surface area contributed by atoms with Crippen molar-refractivity contribution in [2.45, 2.75) is 19.9 Å². The summed E-state index contributed by atoms with van der Waals surface area (Å²) in [6, 6.07) is 5.41. The molecule has 0 aliphatic carbocycles. The zero-order valence-corrected chi connectivity index (χ0v) is 10.5. The molecule has 1 rings (SSSR count). The molecule has 0 saturated heterocycles. The molecule has 0 aliphatic heterocycles. The van der Waals surface area contributed by atoms with Gasteiger partial charge in [-0.25, -0.2) is 4.79 Å². The molecule has 0 heterocycles. The topological polar surface area (TPSA) is 61.4 Å². The van der Waals surface area contributed by atoms with E-state index in [4.69, 9.17) is 16.7 Å². The minimum Gasteiger partial charge on any atom is -0.396 e. The fraction of sp³-hybridized carbons (Fsp3) is 0.417. The van der Waals surface area contributed by atoms with E-state index in [0.717, 1.165) is 16.1 Å². The van der Waals surface area contributed by atoms with Gasteiger partial charge in [-0.2, -0.15) is 0 Å². The molecule has 17 heavy (non-hydrogen) atoms. The van der Waals surface area contributed by atoms with Crippen molar-refractivity contribution in [2.75, 3.05) is 13.2 Å². The van der Waals surface area contributed by atoms with E-state index < -0.39 is 0 Å². The Hall–Kier alpha value is -1.26. The molecule has 0 fully saturated rings. The molecular formula is C12H17ClN2O2. The second-order valence-electron chi connectivity index (χ2n) is 3.77. The fourth-order valence-corrected chi connectivity index (χ4v) is 1.46. The molecule has 0 unspecified atom stereocenters. The molecule has 1 aromatic rings. The van der Waals surface area contributed by atoms with Crippen molar-refractivity contribution in [3.8, 4) is 0 Å². The van der Waals surface area contributed by atoms with E-state index in [-0.39, 0.29) is 12.6 Å². The fourth-order valence-electron chi connectivity index (χ4n) is 1.34. The molecule has 5 heteroatoms. The summed E-state index contributed by atoms with van der Waals surface area (Å²) < 4.78 is 0. The molecule has 3 N–H and O–H groups in total. The number of nitrogens with one attached hydrogen (secondary N) is 2. The Bertz CT molecular complexity index is 383. The van der Waals surface area contributed by atoms with E-state index in [9.17, 15) is 4.79 Å². The lowest BCUT2D eigenvalue weighted by Gasteiger charge is -2.08. The van der Waals surface area contributed by atoms with Crippen LogP contribution in [0.2, 0.25) is 5.02 Å². The highest BCUT2D eigenvalue weighted by atomic mass is 35.5. The van der Waals surface area contributed by atoms with E-state index in [1.54, 1.807) is 0 Å². The van der Waals surface area contributed by atoms with Crippen LogP contribution in [0.25, 0.3) is 0 Å². The first-order valence-electron chi connectivity index (χ1n) is 5.51. The normalized spacial score (nSPS) is 10.1. The van der Waals surface area contributed by atoms with Gasteiger partial charge < -0.3 is 15.7 Å². The zero-order chi connectivity index (χ0) is 12.7. The van der Waals surface area contributed by atoms with Crippen molar-refractivity contribution in [3.63, 3.8) is 0 Å². The predicted octanol–water partition coefficient (Wildman–Crippen LogP) is 1.83. The number of amides is 2. The highest BCUT2D eigenvalue weighted by molar-refractivity contribution is 6.31. The summed E-state index contributed by atoms with van der Waals surface area (Å²) in [5.74, 6) is 0. The number of halogens is 1. The molecule has 0 saturated carbocycles. The zero-order valence-electron chi connectivity index (χ0n) is 9.79. The second kappa shape index (κ2) is 7.14. The van der Waals surface area contributed by atoms with Gasteiger partial charge in [0.15, 0.2) is 0 Å². The Morgan fingerprint density at radius 2 is 2.18 bits per heavy atom. The van der Waals surface area contributed by atoms with Crippen molar-refractivity contribution in [2.24, 2.45) is 0 Å². The van der Waals surface area contributed by atoms with Crippen LogP contribution in [0, 0.1) is 6.92 Å². The average molecular weight is 257 g/mol. The first kappa shape index (κ1) is 13.8. The summed E-state index contributed by atoms with van der Waals surface area (Å²) in [6.07, 6.45) is 0.563. The first-order chi connectivity index (χ1) is 8.13. The van der Waals surface area contributed by atoms with Crippen LogP contribution in [0.15, 0.2) is 18.2 Å². The second-order valence-corrected chi connectivity index (χ2v) is 4.18. The van der Waals surface area contributed by atoms with Crippen LogP contribution in [0.3, 0.4) is 0 Å². The third-order valence-electron chi connectivity index (χ3n) is 2.30. The summed E-state index contributed by atoms with van der Waals surface area (Å²) >= 11 is 5.90. The van der Waals surface area contributed by atoms with Gasteiger partial charge in [0, 0.05) is 24.7 Å². The molecule has 0 aliphatic rings. The maximum Gasteiger partial charge on any atom is 0.315 e. The summed E-state index contributed by atoms with van der Waals surface area (Å²) in [6.45, 7) is 2.94. The number of aliphatic hydroxyl groups is 1. The van der Waals surface area contributed by atoms with Gasteiger partial charge in [-0.05, 0) is 30.5 Å². The monoisotopic (exact) mass is 256 g/mol. The van der Waals surface area contributed by atoms with Crippen LogP contribution in [0.4, 0.5) is 4.79 Å². The van der Waals surface area contributed by atoms with Gasteiger partial charge in [0.2, 0.25) is 0 Å². The Labute approximate surface area is 106 Å². The number of hydrogen-bond acceptors (Lipinski definition) is 2. The standard InChI is InChI=1S/C12H17ClN2O2/c1-9-7-10(3-4-11(9)13)8-15-12(17)14-5-2-6-16/h3-4,7,16H,2,5-6,8H2,1H3,(H2,14,15,17).